The third kappa shape index (κ3) is 5.58. The molecule has 7 heteroatoms. The highest BCUT2D eigenvalue weighted by Crippen LogP contribution is 2.27. The highest BCUT2D eigenvalue weighted by atomic mass is 35.5. The first-order valence-electron chi connectivity index (χ1n) is 10.9. The molecular weight excluding hydrogens is 456 g/mol. The Morgan fingerprint density at radius 2 is 1.74 bits per heavy atom. The van der Waals surface area contributed by atoms with Gasteiger partial charge in [-0.3, -0.25) is 9.59 Å². The molecule has 4 aromatic rings. The van der Waals surface area contributed by atoms with Crippen LogP contribution in [-0.2, 0) is 11.2 Å². The Bertz CT molecular complexity index is 1360. The van der Waals surface area contributed by atoms with Crippen molar-refractivity contribution in [3.63, 3.8) is 0 Å². The summed E-state index contributed by atoms with van der Waals surface area (Å²) in [6.07, 6.45) is 2.67. The van der Waals surface area contributed by atoms with Crippen molar-refractivity contribution in [3.05, 3.63) is 93.8 Å². The molecule has 0 atom stereocenters. The van der Waals surface area contributed by atoms with Crippen LogP contribution in [0, 0.1) is 0 Å². The van der Waals surface area contributed by atoms with Crippen LogP contribution >= 0.6 is 11.6 Å². The van der Waals surface area contributed by atoms with Gasteiger partial charge in [-0.1, -0.05) is 48.9 Å². The normalized spacial score (nSPS) is 10.8. The minimum Gasteiger partial charge on any atom is -0.492 e. The topological polar surface area (TPSA) is 75.0 Å². The Morgan fingerprint density at radius 3 is 2.53 bits per heavy atom. The lowest BCUT2D eigenvalue weighted by Crippen LogP contribution is -2.10. The first-order chi connectivity index (χ1) is 16.5. The molecule has 1 aromatic heterocycles. The summed E-state index contributed by atoms with van der Waals surface area (Å²) in [5.41, 5.74) is 0.983. The molecule has 0 saturated heterocycles. The van der Waals surface area contributed by atoms with E-state index in [4.69, 9.17) is 30.2 Å². The van der Waals surface area contributed by atoms with E-state index in [1.807, 2.05) is 43.3 Å². The number of ether oxygens (including phenoxy) is 3. The van der Waals surface area contributed by atoms with Crippen LogP contribution in [0.15, 0.2) is 82.2 Å². The van der Waals surface area contributed by atoms with Gasteiger partial charge >= 0.3 is 5.97 Å². The molecular formula is C27H23ClO6. The fraction of sp³-hybridized carbons (Fsp3) is 0.185. The number of fused-ring (bicyclic) bond motifs is 1. The third-order valence-electron chi connectivity index (χ3n) is 5.14. The molecule has 0 N–H and O–H groups in total. The van der Waals surface area contributed by atoms with Gasteiger partial charge in [0.15, 0.2) is 0 Å². The van der Waals surface area contributed by atoms with Crippen LogP contribution in [0.3, 0.4) is 0 Å². The highest BCUT2D eigenvalue weighted by molar-refractivity contribution is 6.32. The van der Waals surface area contributed by atoms with Gasteiger partial charge in [-0.05, 0) is 48.7 Å². The second-order valence-electron chi connectivity index (χ2n) is 7.51. The number of benzene rings is 3. The Kier molecular flexibility index (Phi) is 7.50. The van der Waals surface area contributed by atoms with Crippen LogP contribution in [-0.4, -0.2) is 12.6 Å². The quantitative estimate of drug-likeness (QED) is 0.154. The van der Waals surface area contributed by atoms with E-state index in [2.05, 4.69) is 0 Å². The van der Waals surface area contributed by atoms with Crippen molar-refractivity contribution in [3.8, 4) is 23.0 Å². The zero-order chi connectivity index (χ0) is 23.9. The Balaban J connectivity index is 1.37. The largest absolute Gasteiger partial charge is 0.492 e. The summed E-state index contributed by atoms with van der Waals surface area (Å²) in [6, 6.07) is 19.3. The van der Waals surface area contributed by atoms with E-state index in [0.717, 1.165) is 12.0 Å². The lowest BCUT2D eigenvalue weighted by atomic mass is 10.1. The minimum atomic E-state index is -0.416. The van der Waals surface area contributed by atoms with Crippen molar-refractivity contribution < 1.29 is 23.4 Å². The molecule has 4 rings (SSSR count). The number of esters is 1. The summed E-state index contributed by atoms with van der Waals surface area (Å²) in [5, 5.41) is 0.852. The van der Waals surface area contributed by atoms with E-state index in [9.17, 15) is 9.59 Å². The van der Waals surface area contributed by atoms with E-state index in [1.165, 1.54) is 12.3 Å². The van der Waals surface area contributed by atoms with Gasteiger partial charge in [-0.2, -0.15) is 0 Å². The van der Waals surface area contributed by atoms with Gasteiger partial charge in [0.2, 0.25) is 11.2 Å². The summed E-state index contributed by atoms with van der Waals surface area (Å²) in [7, 11) is 0. The fourth-order valence-electron chi connectivity index (χ4n) is 3.38. The van der Waals surface area contributed by atoms with E-state index in [0.29, 0.717) is 40.5 Å². The second-order valence-corrected chi connectivity index (χ2v) is 7.91. The molecule has 0 aliphatic carbocycles. The molecule has 6 nitrogen and oxygen atoms in total. The van der Waals surface area contributed by atoms with Crippen molar-refractivity contribution in [2.75, 3.05) is 6.61 Å². The maximum absolute atomic E-state index is 12.9. The first-order valence-corrected chi connectivity index (χ1v) is 11.3. The highest BCUT2D eigenvalue weighted by Gasteiger charge is 2.13. The molecule has 0 saturated carbocycles. The number of aryl methyl sites for hydroxylation is 1. The Morgan fingerprint density at radius 1 is 0.971 bits per heavy atom. The van der Waals surface area contributed by atoms with Gasteiger partial charge in [0, 0.05) is 12.5 Å². The van der Waals surface area contributed by atoms with Gasteiger partial charge in [0.1, 0.15) is 29.1 Å². The van der Waals surface area contributed by atoms with E-state index in [1.54, 1.807) is 24.3 Å². The average Bonchev–Trinajstić information content (AvgIpc) is 2.85. The standard InChI is InChI=1S/C27H23ClO6/c1-2-18-8-3-5-10-22(18)34-25-17-32-24-16-19(13-14-20(24)27(25)30)33-26(29)12-7-15-31-23-11-6-4-9-21(23)28/h3-6,8-11,13-14,16-17H,2,7,12,15H2,1H3. The number of carbonyl (C=O) groups is 1. The molecule has 0 bridgehead atoms. The van der Waals surface area contributed by atoms with Crippen molar-refractivity contribution in [2.45, 2.75) is 26.2 Å². The minimum absolute atomic E-state index is 0.0941. The molecule has 0 radical (unpaired) electrons. The summed E-state index contributed by atoms with van der Waals surface area (Å²) in [6.45, 7) is 2.34. The van der Waals surface area contributed by atoms with Gasteiger partial charge in [0.25, 0.3) is 0 Å². The average molecular weight is 479 g/mol. The molecule has 0 fully saturated rings. The van der Waals surface area contributed by atoms with E-state index in [-0.39, 0.29) is 23.3 Å². The maximum Gasteiger partial charge on any atom is 0.311 e. The molecule has 34 heavy (non-hydrogen) atoms. The Labute approximate surface area is 201 Å². The predicted octanol–water partition coefficient (Wildman–Crippen LogP) is 6.57. The zero-order valence-corrected chi connectivity index (χ0v) is 19.3. The fourth-order valence-corrected chi connectivity index (χ4v) is 3.57. The monoisotopic (exact) mass is 478 g/mol. The molecule has 0 aliphatic rings. The molecule has 1 heterocycles. The first kappa shape index (κ1) is 23.4. The Hall–Kier alpha value is -3.77. The number of para-hydroxylation sites is 2. The molecule has 3 aromatic carbocycles. The second kappa shape index (κ2) is 10.9. The number of halogens is 1. The lowest BCUT2D eigenvalue weighted by Gasteiger charge is -2.10. The number of carbonyl (C=O) groups excluding carboxylic acids is 1. The summed E-state index contributed by atoms with van der Waals surface area (Å²) in [4.78, 5) is 25.1. The summed E-state index contributed by atoms with van der Waals surface area (Å²) in [5.74, 6) is 1.15. The number of rotatable bonds is 9. The SMILES string of the molecule is CCc1ccccc1Oc1coc2cc(OC(=O)CCCOc3ccccc3Cl)ccc2c1=O. The van der Waals surface area contributed by atoms with Crippen LogP contribution < -0.4 is 19.6 Å². The van der Waals surface area contributed by atoms with Crippen molar-refractivity contribution in [2.24, 2.45) is 0 Å². The smallest absolute Gasteiger partial charge is 0.311 e. The van der Waals surface area contributed by atoms with E-state index >= 15 is 0 Å². The zero-order valence-electron chi connectivity index (χ0n) is 18.6. The van der Waals surface area contributed by atoms with Crippen LogP contribution in [0.4, 0.5) is 0 Å². The van der Waals surface area contributed by atoms with Gasteiger partial charge < -0.3 is 18.6 Å². The number of hydrogen-bond donors (Lipinski definition) is 0. The van der Waals surface area contributed by atoms with Crippen LogP contribution in [0.2, 0.25) is 5.02 Å². The lowest BCUT2D eigenvalue weighted by molar-refractivity contribution is -0.134. The van der Waals surface area contributed by atoms with Crippen LogP contribution in [0.25, 0.3) is 11.0 Å². The van der Waals surface area contributed by atoms with Crippen LogP contribution in [0.5, 0.6) is 23.0 Å². The van der Waals surface area contributed by atoms with Gasteiger partial charge in [-0.25, -0.2) is 0 Å². The van der Waals surface area contributed by atoms with Crippen molar-refractivity contribution >= 4 is 28.5 Å². The van der Waals surface area contributed by atoms with Crippen LogP contribution in [0.1, 0.15) is 25.3 Å². The van der Waals surface area contributed by atoms with Crippen molar-refractivity contribution in [1.82, 2.24) is 0 Å². The summed E-state index contributed by atoms with van der Waals surface area (Å²) < 4.78 is 22.4. The van der Waals surface area contributed by atoms with E-state index < -0.39 is 5.97 Å². The molecule has 0 amide bonds. The number of hydrogen-bond acceptors (Lipinski definition) is 6. The third-order valence-corrected chi connectivity index (χ3v) is 5.45. The van der Waals surface area contributed by atoms with Crippen molar-refractivity contribution in [1.29, 1.82) is 0 Å². The van der Waals surface area contributed by atoms with Gasteiger partial charge in [-0.15, -0.1) is 0 Å². The molecule has 174 valence electrons. The van der Waals surface area contributed by atoms with Gasteiger partial charge in [0.05, 0.1) is 17.0 Å². The molecule has 0 unspecified atom stereocenters. The summed E-state index contributed by atoms with van der Waals surface area (Å²) >= 11 is 6.04. The predicted molar refractivity (Wildman–Crippen MR) is 130 cm³/mol. The molecule has 0 spiro atoms. The maximum atomic E-state index is 12.9. The molecule has 0 aliphatic heterocycles.